The molecule has 1 saturated heterocycles. The second-order valence-electron chi connectivity index (χ2n) is 10.9. The summed E-state index contributed by atoms with van der Waals surface area (Å²) < 4.78 is 55.9. The van der Waals surface area contributed by atoms with Crippen LogP contribution in [-0.4, -0.2) is 60.8 Å². The van der Waals surface area contributed by atoms with Crippen LogP contribution in [0.25, 0.3) is 0 Å². The highest BCUT2D eigenvalue weighted by Crippen LogP contribution is 2.65. The van der Waals surface area contributed by atoms with Gasteiger partial charge in [-0.2, -0.15) is 13.2 Å². The predicted octanol–water partition coefficient (Wildman–Crippen LogP) is 3.60. The minimum absolute atomic E-state index is 0.0359. The van der Waals surface area contributed by atoms with Crippen LogP contribution < -0.4 is 10.1 Å². The average Bonchev–Trinajstić information content (AvgIpc) is 3.18. The van der Waals surface area contributed by atoms with Gasteiger partial charge in [0.1, 0.15) is 11.3 Å². The van der Waals surface area contributed by atoms with Crippen LogP contribution in [0.5, 0.6) is 5.75 Å². The van der Waals surface area contributed by atoms with Gasteiger partial charge in [-0.1, -0.05) is 26.0 Å². The number of ketones is 1. The van der Waals surface area contributed by atoms with E-state index in [1.54, 1.807) is 6.07 Å². The van der Waals surface area contributed by atoms with E-state index in [1.165, 1.54) is 19.2 Å². The number of rotatable bonds is 9. The number of benzene rings is 1. The fourth-order valence-corrected chi connectivity index (χ4v) is 6.33. The Bertz CT molecular complexity index is 1090. The number of alkyl halides is 3. The van der Waals surface area contributed by atoms with E-state index >= 15 is 0 Å². The van der Waals surface area contributed by atoms with Gasteiger partial charge in [0.15, 0.2) is 0 Å². The van der Waals surface area contributed by atoms with E-state index in [1.807, 2.05) is 6.92 Å². The summed E-state index contributed by atoms with van der Waals surface area (Å²) in [6, 6.07) is 4.56. The van der Waals surface area contributed by atoms with Crippen LogP contribution >= 0.6 is 0 Å². The number of methoxy groups -OCH3 is 1. The van der Waals surface area contributed by atoms with Gasteiger partial charge in [0, 0.05) is 12.8 Å². The van der Waals surface area contributed by atoms with Crippen molar-refractivity contribution in [1.82, 2.24) is 5.32 Å². The van der Waals surface area contributed by atoms with Crippen LogP contribution in [0.3, 0.4) is 0 Å². The molecule has 0 aromatic heterocycles. The Hall–Kier alpha value is -2.60. The van der Waals surface area contributed by atoms with Gasteiger partial charge in [-0.3, -0.25) is 9.59 Å². The van der Waals surface area contributed by atoms with Gasteiger partial charge in [-0.05, 0) is 55.1 Å². The number of hydrogen-bond donors (Lipinski definition) is 2. The second-order valence-corrected chi connectivity index (χ2v) is 10.9. The number of Topliss-reactive ketones (excluding diaryl/α,β-unsaturated/α-hetero) is 1. The molecule has 2 N–H and O–H groups in total. The number of para-hydroxylation sites is 1. The van der Waals surface area contributed by atoms with Crippen molar-refractivity contribution < 1.29 is 46.7 Å². The van der Waals surface area contributed by atoms with Gasteiger partial charge in [-0.25, -0.2) is 4.79 Å². The van der Waals surface area contributed by atoms with Crippen molar-refractivity contribution in [1.29, 1.82) is 0 Å². The SMILES string of the molecule is COc1c(CC(NC(=O)CCC(=O)C(F)(F)F)B2OC3CC4CC(C4(C)C)C3(C)O2)cccc1C(=O)O. The molecule has 2 bridgehead atoms. The maximum absolute atomic E-state index is 12.7. The van der Waals surface area contributed by atoms with Crippen molar-refractivity contribution >= 4 is 24.8 Å². The summed E-state index contributed by atoms with van der Waals surface area (Å²) >= 11 is 0. The molecule has 1 aromatic rings. The lowest BCUT2D eigenvalue weighted by atomic mass is 9.43. The third kappa shape index (κ3) is 4.97. The first-order valence-electron chi connectivity index (χ1n) is 12.3. The number of ether oxygens (including phenoxy) is 1. The molecule has 8 nitrogen and oxygen atoms in total. The lowest BCUT2D eigenvalue weighted by Gasteiger charge is -2.64. The van der Waals surface area contributed by atoms with E-state index in [-0.39, 0.29) is 35.2 Å². The van der Waals surface area contributed by atoms with Crippen LogP contribution in [0.2, 0.25) is 0 Å². The molecule has 1 heterocycles. The number of carboxylic acid groups (broad SMARTS) is 1. The van der Waals surface area contributed by atoms with Gasteiger partial charge in [-0.15, -0.1) is 0 Å². The molecular weight excluding hydrogens is 494 g/mol. The Morgan fingerprint density at radius 1 is 1.22 bits per heavy atom. The van der Waals surface area contributed by atoms with E-state index in [0.29, 0.717) is 11.5 Å². The molecule has 12 heteroatoms. The minimum atomic E-state index is -5.01. The van der Waals surface area contributed by atoms with Gasteiger partial charge >= 0.3 is 19.3 Å². The maximum Gasteiger partial charge on any atom is 0.482 e. The lowest BCUT2D eigenvalue weighted by Crippen LogP contribution is -2.65. The van der Waals surface area contributed by atoms with E-state index in [9.17, 15) is 32.7 Å². The molecule has 0 radical (unpaired) electrons. The molecule has 5 unspecified atom stereocenters. The normalized spacial score (nSPS) is 28.6. The number of carbonyl (C=O) groups excluding carboxylic acids is 2. The van der Waals surface area contributed by atoms with Gasteiger partial charge < -0.3 is 24.5 Å². The van der Waals surface area contributed by atoms with Crippen molar-refractivity contribution in [3.05, 3.63) is 29.3 Å². The first kappa shape index (κ1) is 27.4. The zero-order valence-corrected chi connectivity index (χ0v) is 21.2. The number of halogens is 3. The highest BCUT2D eigenvalue weighted by molar-refractivity contribution is 6.48. The largest absolute Gasteiger partial charge is 0.496 e. The Balaban J connectivity index is 1.57. The molecule has 5 rings (SSSR count). The number of hydrogen-bond acceptors (Lipinski definition) is 6. The predicted molar refractivity (Wildman–Crippen MR) is 126 cm³/mol. The monoisotopic (exact) mass is 525 g/mol. The summed E-state index contributed by atoms with van der Waals surface area (Å²) in [4.78, 5) is 35.6. The zero-order chi connectivity index (χ0) is 27.3. The van der Waals surface area contributed by atoms with E-state index < -0.39 is 55.3 Å². The molecule has 3 aliphatic carbocycles. The summed E-state index contributed by atoms with van der Waals surface area (Å²) in [6.07, 6.45) is -5.05. The van der Waals surface area contributed by atoms with Crippen LogP contribution in [0.1, 0.15) is 62.4 Å². The first-order valence-corrected chi connectivity index (χ1v) is 12.3. The molecule has 5 atom stereocenters. The van der Waals surface area contributed by atoms with Crippen LogP contribution in [0.4, 0.5) is 13.2 Å². The van der Waals surface area contributed by atoms with Gasteiger partial charge in [0.05, 0.1) is 24.8 Å². The van der Waals surface area contributed by atoms with Crippen molar-refractivity contribution in [2.45, 2.75) is 76.7 Å². The highest BCUT2D eigenvalue weighted by atomic mass is 19.4. The third-order valence-corrected chi connectivity index (χ3v) is 8.51. The molecule has 3 saturated carbocycles. The number of aromatic carboxylic acids is 1. The van der Waals surface area contributed by atoms with Crippen LogP contribution in [0, 0.1) is 17.3 Å². The average molecular weight is 525 g/mol. The molecule has 4 fully saturated rings. The number of nitrogens with one attached hydrogen (secondary N) is 1. The van der Waals surface area contributed by atoms with Crippen molar-refractivity contribution in [2.75, 3.05) is 7.11 Å². The van der Waals surface area contributed by atoms with E-state index in [4.69, 9.17) is 14.0 Å². The maximum atomic E-state index is 12.7. The summed E-state index contributed by atoms with van der Waals surface area (Å²) in [7, 11) is 0.403. The Morgan fingerprint density at radius 3 is 2.51 bits per heavy atom. The molecule has 202 valence electrons. The summed E-state index contributed by atoms with van der Waals surface area (Å²) in [6.45, 7) is 6.39. The number of amides is 1. The van der Waals surface area contributed by atoms with Gasteiger partial charge in [0.2, 0.25) is 11.7 Å². The smallest absolute Gasteiger partial charge is 0.482 e. The topological polar surface area (TPSA) is 111 Å². The van der Waals surface area contributed by atoms with Crippen LogP contribution in [-0.2, 0) is 25.3 Å². The molecular formula is C25H31BF3NO7. The number of carboxylic acids is 1. The van der Waals surface area contributed by atoms with Crippen molar-refractivity contribution in [3.8, 4) is 5.75 Å². The second kappa shape index (κ2) is 9.61. The van der Waals surface area contributed by atoms with Crippen molar-refractivity contribution in [2.24, 2.45) is 17.3 Å². The Morgan fingerprint density at radius 2 is 1.92 bits per heavy atom. The highest BCUT2D eigenvalue weighted by Gasteiger charge is 2.68. The standard InChI is InChI=1S/C25H31BF3NO7/c1-23(2)14-11-16(23)24(3)18(12-14)36-26(37-24)19(30-20(32)9-8-17(31)25(27,28)29)10-13-6-5-7-15(22(33)34)21(13)35-4/h5-7,14,16,18-19H,8-12H2,1-4H3,(H,30,32)(H,33,34). The molecule has 0 spiro atoms. The quantitative estimate of drug-likeness (QED) is 0.474. The Kier molecular flexibility index (Phi) is 7.13. The van der Waals surface area contributed by atoms with Crippen molar-refractivity contribution in [3.63, 3.8) is 0 Å². The molecule has 1 amide bonds. The first-order chi connectivity index (χ1) is 17.2. The zero-order valence-electron chi connectivity index (χ0n) is 21.2. The molecule has 1 aromatic carbocycles. The van der Waals surface area contributed by atoms with Crippen LogP contribution in [0.15, 0.2) is 18.2 Å². The summed E-state index contributed by atoms with van der Waals surface area (Å²) in [5.74, 6) is -4.00. The fraction of sp³-hybridized carbons (Fsp3) is 0.640. The molecule has 37 heavy (non-hydrogen) atoms. The third-order valence-electron chi connectivity index (χ3n) is 8.51. The lowest BCUT2D eigenvalue weighted by molar-refractivity contribution is -0.199. The summed E-state index contributed by atoms with van der Waals surface area (Å²) in [5.41, 5.74) is -0.155. The minimum Gasteiger partial charge on any atom is -0.496 e. The fourth-order valence-electron chi connectivity index (χ4n) is 6.33. The molecule has 1 aliphatic heterocycles. The summed E-state index contributed by atoms with van der Waals surface area (Å²) in [5, 5.41) is 12.2. The number of carbonyl (C=O) groups is 3. The van der Waals surface area contributed by atoms with E-state index in [2.05, 4.69) is 19.2 Å². The van der Waals surface area contributed by atoms with Gasteiger partial charge in [0.25, 0.3) is 0 Å². The molecule has 4 aliphatic rings. The Labute approximate surface area is 213 Å². The van der Waals surface area contributed by atoms with E-state index in [0.717, 1.165) is 12.8 Å².